The van der Waals surface area contributed by atoms with Gasteiger partial charge in [0.2, 0.25) is 0 Å². The summed E-state index contributed by atoms with van der Waals surface area (Å²) in [5.74, 6) is -0.188. The quantitative estimate of drug-likeness (QED) is 0.861. The topological polar surface area (TPSA) is 59.8 Å². The standard InChI is InChI=1S/C12H15ClN4OS/c1-8-10(13)11(17(2)16-8)12(18)15-5-3-4-9-14-6-7-19-9/h6-7H,3-5H2,1-2H3,(H,15,18). The second-order valence-corrected chi connectivity index (χ2v) is 5.51. The Kier molecular flexibility index (Phi) is 4.55. The van der Waals surface area contributed by atoms with E-state index < -0.39 is 0 Å². The molecule has 0 bridgehead atoms. The van der Waals surface area contributed by atoms with Crippen molar-refractivity contribution >= 4 is 28.8 Å². The Morgan fingerprint density at radius 3 is 2.95 bits per heavy atom. The number of aromatic nitrogens is 3. The lowest BCUT2D eigenvalue weighted by molar-refractivity contribution is 0.0944. The molecule has 1 amide bonds. The third kappa shape index (κ3) is 3.33. The zero-order valence-corrected chi connectivity index (χ0v) is 12.4. The average molecular weight is 299 g/mol. The highest BCUT2D eigenvalue weighted by atomic mass is 35.5. The van der Waals surface area contributed by atoms with Crippen LogP contribution in [0, 0.1) is 6.92 Å². The van der Waals surface area contributed by atoms with E-state index in [0.717, 1.165) is 17.8 Å². The first-order chi connectivity index (χ1) is 9.09. The molecule has 0 fully saturated rings. The molecule has 0 aliphatic carbocycles. The van der Waals surface area contributed by atoms with Crippen LogP contribution >= 0.6 is 22.9 Å². The molecule has 0 unspecified atom stereocenters. The Bertz CT molecular complexity index is 565. The molecule has 1 N–H and O–H groups in total. The van der Waals surface area contributed by atoms with Crippen molar-refractivity contribution in [3.8, 4) is 0 Å². The largest absolute Gasteiger partial charge is 0.351 e. The summed E-state index contributed by atoms with van der Waals surface area (Å²) in [7, 11) is 1.71. The molecule has 0 radical (unpaired) electrons. The van der Waals surface area contributed by atoms with Gasteiger partial charge in [-0.15, -0.1) is 11.3 Å². The average Bonchev–Trinajstić information content (AvgIpc) is 2.95. The minimum Gasteiger partial charge on any atom is -0.351 e. The van der Waals surface area contributed by atoms with E-state index in [1.807, 2.05) is 5.38 Å². The van der Waals surface area contributed by atoms with E-state index >= 15 is 0 Å². The highest BCUT2D eigenvalue weighted by Gasteiger charge is 2.17. The Morgan fingerprint density at radius 1 is 1.58 bits per heavy atom. The van der Waals surface area contributed by atoms with E-state index in [4.69, 9.17) is 11.6 Å². The molecular weight excluding hydrogens is 284 g/mol. The Hall–Kier alpha value is -1.40. The van der Waals surface area contributed by atoms with Gasteiger partial charge in [0.05, 0.1) is 15.7 Å². The number of hydrogen-bond acceptors (Lipinski definition) is 4. The van der Waals surface area contributed by atoms with Crippen LogP contribution in [0.3, 0.4) is 0 Å². The predicted molar refractivity (Wildman–Crippen MR) is 75.7 cm³/mol. The van der Waals surface area contributed by atoms with Crippen molar-refractivity contribution in [2.75, 3.05) is 6.54 Å². The monoisotopic (exact) mass is 298 g/mol. The number of nitrogens with one attached hydrogen (secondary N) is 1. The van der Waals surface area contributed by atoms with Crippen LogP contribution in [0.15, 0.2) is 11.6 Å². The van der Waals surface area contributed by atoms with Crippen LogP contribution in [-0.4, -0.2) is 27.2 Å². The molecule has 0 aromatic carbocycles. The van der Waals surface area contributed by atoms with Gasteiger partial charge in [-0.3, -0.25) is 9.48 Å². The summed E-state index contributed by atoms with van der Waals surface area (Å²) in [4.78, 5) is 16.2. The minimum absolute atomic E-state index is 0.188. The molecule has 7 heteroatoms. The number of carbonyl (C=O) groups is 1. The van der Waals surface area contributed by atoms with Crippen molar-refractivity contribution < 1.29 is 4.79 Å². The SMILES string of the molecule is Cc1nn(C)c(C(=O)NCCCc2nccs2)c1Cl. The molecule has 2 aromatic heterocycles. The van der Waals surface area contributed by atoms with Crippen molar-refractivity contribution in [1.29, 1.82) is 0 Å². The molecule has 5 nitrogen and oxygen atoms in total. The van der Waals surface area contributed by atoms with Gasteiger partial charge in [-0.1, -0.05) is 11.6 Å². The van der Waals surface area contributed by atoms with Crippen LogP contribution in [0.5, 0.6) is 0 Å². The summed E-state index contributed by atoms with van der Waals surface area (Å²) in [6.07, 6.45) is 3.51. The fourth-order valence-electron chi connectivity index (χ4n) is 1.78. The van der Waals surface area contributed by atoms with Crippen LogP contribution in [-0.2, 0) is 13.5 Å². The van der Waals surface area contributed by atoms with Crippen LogP contribution in [0.25, 0.3) is 0 Å². The molecule has 2 heterocycles. The highest BCUT2D eigenvalue weighted by molar-refractivity contribution is 7.09. The van der Waals surface area contributed by atoms with E-state index in [0.29, 0.717) is 23.0 Å². The van der Waals surface area contributed by atoms with Gasteiger partial charge >= 0.3 is 0 Å². The first kappa shape index (κ1) is 14.0. The molecule has 2 rings (SSSR count). The fraction of sp³-hybridized carbons (Fsp3) is 0.417. The molecule has 0 atom stereocenters. The Balaban J connectivity index is 1.84. The second kappa shape index (κ2) is 6.16. The summed E-state index contributed by atoms with van der Waals surface area (Å²) in [6, 6.07) is 0. The number of thiazole rings is 1. The molecule has 2 aromatic rings. The Morgan fingerprint density at radius 2 is 2.37 bits per heavy atom. The molecule has 0 saturated heterocycles. The Labute approximate surface area is 120 Å². The van der Waals surface area contributed by atoms with E-state index in [2.05, 4.69) is 15.4 Å². The lowest BCUT2D eigenvalue weighted by atomic mass is 10.3. The number of aryl methyl sites for hydroxylation is 3. The van der Waals surface area contributed by atoms with E-state index in [-0.39, 0.29) is 5.91 Å². The molecule has 102 valence electrons. The minimum atomic E-state index is -0.188. The fourth-order valence-corrected chi connectivity index (χ4v) is 2.69. The third-order valence-corrected chi connectivity index (χ3v) is 3.99. The number of nitrogens with zero attached hydrogens (tertiary/aromatic N) is 3. The smallest absolute Gasteiger partial charge is 0.271 e. The van der Waals surface area contributed by atoms with Crippen molar-refractivity contribution in [3.05, 3.63) is 33.0 Å². The molecule has 19 heavy (non-hydrogen) atoms. The zero-order valence-electron chi connectivity index (χ0n) is 10.8. The van der Waals surface area contributed by atoms with Crippen LogP contribution < -0.4 is 5.32 Å². The van der Waals surface area contributed by atoms with Crippen molar-refractivity contribution in [3.63, 3.8) is 0 Å². The molecule has 0 saturated carbocycles. The first-order valence-electron chi connectivity index (χ1n) is 5.95. The van der Waals surface area contributed by atoms with Gasteiger partial charge in [0, 0.05) is 31.6 Å². The number of rotatable bonds is 5. The van der Waals surface area contributed by atoms with Gasteiger partial charge in [0.15, 0.2) is 0 Å². The second-order valence-electron chi connectivity index (χ2n) is 4.16. The lowest BCUT2D eigenvalue weighted by Crippen LogP contribution is -2.27. The summed E-state index contributed by atoms with van der Waals surface area (Å²) in [5, 5.41) is 10.4. The molecule has 0 spiro atoms. The maximum atomic E-state index is 12.0. The summed E-state index contributed by atoms with van der Waals surface area (Å²) in [6.45, 7) is 2.38. The van der Waals surface area contributed by atoms with Crippen LogP contribution in [0.2, 0.25) is 5.02 Å². The summed E-state index contributed by atoms with van der Waals surface area (Å²) in [5.41, 5.74) is 1.07. The summed E-state index contributed by atoms with van der Waals surface area (Å²) >= 11 is 7.68. The molecule has 0 aliphatic rings. The third-order valence-electron chi connectivity index (χ3n) is 2.70. The lowest BCUT2D eigenvalue weighted by Gasteiger charge is -2.05. The predicted octanol–water partition coefficient (Wildman–Crippen LogP) is 2.20. The van der Waals surface area contributed by atoms with Gasteiger partial charge in [0.1, 0.15) is 5.69 Å². The van der Waals surface area contributed by atoms with Gasteiger partial charge in [-0.25, -0.2) is 4.98 Å². The number of carbonyl (C=O) groups excluding carboxylic acids is 1. The van der Waals surface area contributed by atoms with Crippen LogP contribution in [0.4, 0.5) is 0 Å². The van der Waals surface area contributed by atoms with E-state index in [1.54, 1.807) is 31.5 Å². The maximum Gasteiger partial charge on any atom is 0.271 e. The highest BCUT2D eigenvalue weighted by Crippen LogP contribution is 2.19. The van der Waals surface area contributed by atoms with Gasteiger partial charge < -0.3 is 5.32 Å². The first-order valence-corrected chi connectivity index (χ1v) is 7.21. The van der Waals surface area contributed by atoms with Crippen molar-refractivity contribution in [1.82, 2.24) is 20.1 Å². The maximum absolute atomic E-state index is 12.0. The summed E-state index contributed by atoms with van der Waals surface area (Å²) < 4.78 is 1.51. The van der Waals surface area contributed by atoms with Gasteiger partial charge in [-0.2, -0.15) is 5.10 Å². The van der Waals surface area contributed by atoms with Gasteiger partial charge in [0.25, 0.3) is 5.91 Å². The van der Waals surface area contributed by atoms with Gasteiger partial charge in [-0.05, 0) is 13.3 Å². The zero-order chi connectivity index (χ0) is 13.8. The number of halogens is 1. The van der Waals surface area contributed by atoms with Crippen molar-refractivity contribution in [2.24, 2.45) is 7.05 Å². The normalized spacial score (nSPS) is 10.7. The number of hydrogen-bond donors (Lipinski definition) is 1. The van der Waals surface area contributed by atoms with Crippen molar-refractivity contribution in [2.45, 2.75) is 19.8 Å². The van der Waals surface area contributed by atoms with E-state index in [1.165, 1.54) is 4.68 Å². The van der Waals surface area contributed by atoms with E-state index in [9.17, 15) is 4.79 Å². The molecule has 0 aliphatic heterocycles. The van der Waals surface area contributed by atoms with Crippen LogP contribution in [0.1, 0.15) is 27.6 Å². The molecular formula is C12H15ClN4OS. The number of amides is 1.